The van der Waals surface area contributed by atoms with Crippen molar-refractivity contribution in [3.8, 4) is 0 Å². The van der Waals surface area contributed by atoms with Crippen LogP contribution in [0.25, 0.3) is 0 Å². The normalized spacial score (nSPS) is 8.12. The van der Waals surface area contributed by atoms with E-state index in [9.17, 15) is 4.21 Å². The van der Waals surface area contributed by atoms with Crippen molar-refractivity contribution >= 4 is 11.4 Å². The molecule has 0 aliphatic rings. The van der Waals surface area contributed by atoms with Gasteiger partial charge in [-0.05, 0) is 0 Å². The van der Waals surface area contributed by atoms with E-state index in [0.717, 1.165) is 12.5 Å². The Bertz CT molecular complexity index is 97.9. The Hall–Kier alpha value is -0.770. The van der Waals surface area contributed by atoms with Gasteiger partial charge in [-0.1, -0.05) is 13.2 Å². The van der Waals surface area contributed by atoms with Crippen LogP contribution in [0.4, 0.5) is 0 Å². The second-order valence-corrected chi connectivity index (χ2v) is 1.52. The number of hydrogen-bond donors (Lipinski definition) is 0. The molecule has 0 spiro atoms. The summed E-state index contributed by atoms with van der Waals surface area (Å²) in [6, 6.07) is 0. The molecular formula is C4H6O3S. The van der Waals surface area contributed by atoms with Crippen molar-refractivity contribution in [3.63, 3.8) is 0 Å². The van der Waals surface area contributed by atoms with Crippen LogP contribution in [0.5, 0.6) is 0 Å². The van der Waals surface area contributed by atoms with Gasteiger partial charge in [-0.15, -0.1) is 0 Å². The van der Waals surface area contributed by atoms with Gasteiger partial charge in [0.2, 0.25) is 0 Å². The molecule has 0 rings (SSSR count). The van der Waals surface area contributed by atoms with Gasteiger partial charge in [0.15, 0.2) is 0 Å². The molecular weight excluding hydrogens is 128 g/mol. The van der Waals surface area contributed by atoms with E-state index in [-0.39, 0.29) is 0 Å². The average Bonchev–Trinajstić information content (AvgIpc) is 1.68. The summed E-state index contributed by atoms with van der Waals surface area (Å²) in [6.45, 7) is 6.31. The molecule has 0 bridgehead atoms. The lowest BCUT2D eigenvalue weighted by atomic mass is 11.2. The van der Waals surface area contributed by atoms with Crippen molar-refractivity contribution in [1.82, 2.24) is 0 Å². The highest BCUT2D eigenvalue weighted by Crippen LogP contribution is 1.87. The van der Waals surface area contributed by atoms with Gasteiger partial charge in [-0.2, -0.15) is 4.21 Å². The third kappa shape index (κ3) is 3.42. The number of hydrogen-bond acceptors (Lipinski definition) is 3. The summed E-state index contributed by atoms with van der Waals surface area (Å²) in [5.41, 5.74) is 0. The Morgan fingerprint density at radius 3 is 1.88 bits per heavy atom. The minimum Gasteiger partial charge on any atom is -0.380 e. The Labute approximate surface area is 50.5 Å². The van der Waals surface area contributed by atoms with Crippen LogP contribution in [0.3, 0.4) is 0 Å². The first-order valence-corrected chi connectivity index (χ1v) is 2.79. The quantitative estimate of drug-likeness (QED) is 0.535. The first-order chi connectivity index (χ1) is 3.81. The molecule has 0 aliphatic carbocycles. The molecule has 0 radical (unpaired) electrons. The van der Waals surface area contributed by atoms with E-state index in [1.807, 2.05) is 0 Å². The molecule has 0 aromatic rings. The molecule has 8 heavy (non-hydrogen) atoms. The first-order valence-electron chi connectivity index (χ1n) is 1.79. The fraction of sp³-hybridized carbons (Fsp3) is 0. The second-order valence-electron chi connectivity index (χ2n) is 0.730. The smallest absolute Gasteiger partial charge is 0.380 e. The predicted molar refractivity (Wildman–Crippen MR) is 30.7 cm³/mol. The summed E-state index contributed by atoms with van der Waals surface area (Å²) >= 11 is -1.76. The van der Waals surface area contributed by atoms with E-state index in [1.165, 1.54) is 0 Å². The molecule has 0 saturated carbocycles. The minimum atomic E-state index is -1.76. The fourth-order valence-electron chi connectivity index (χ4n) is 0.134. The van der Waals surface area contributed by atoms with E-state index in [0.29, 0.717) is 0 Å². The molecule has 3 nitrogen and oxygen atoms in total. The zero-order valence-electron chi connectivity index (χ0n) is 4.20. The van der Waals surface area contributed by atoms with Gasteiger partial charge in [-0.3, -0.25) is 0 Å². The zero-order valence-corrected chi connectivity index (χ0v) is 5.02. The van der Waals surface area contributed by atoms with Crippen molar-refractivity contribution < 1.29 is 12.6 Å². The third-order valence-corrected chi connectivity index (χ3v) is 0.880. The molecule has 0 aromatic heterocycles. The molecule has 46 valence electrons. The standard InChI is InChI=1S/C4H6O3S/c1-3-6-8(5)7-4-2/h3-4H,1-2H2. The second kappa shape index (κ2) is 4.39. The highest BCUT2D eigenvalue weighted by molar-refractivity contribution is 7.75. The van der Waals surface area contributed by atoms with Gasteiger partial charge in [0.25, 0.3) is 0 Å². The van der Waals surface area contributed by atoms with Gasteiger partial charge in [0.1, 0.15) is 12.5 Å². The SMILES string of the molecule is C=COS(=O)OC=C. The van der Waals surface area contributed by atoms with Crippen molar-refractivity contribution in [3.05, 3.63) is 25.7 Å². The van der Waals surface area contributed by atoms with E-state index in [1.54, 1.807) is 0 Å². The average molecular weight is 134 g/mol. The lowest BCUT2D eigenvalue weighted by molar-refractivity contribution is 0.395. The van der Waals surface area contributed by atoms with Crippen LogP contribution in [0.1, 0.15) is 0 Å². The molecule has 0 saturated heterocycles. The predicted octanol–water partition coefficient (Wildman–Crippen LogP) is 0.885. The molecule has 0 fully saturated rings. The molecule has 0 atom stereocenters. The highest BCUT2D eigenvalue weighted by Gasteiger charge is 1.90. The summed E-state index contributed by atoms with van der Waals surface area (Å²) in [6.07, 6.45) is 2.05. The van der Waals surface area contributed by atoms with Crippen molar-refractivity contribution in [2.75, 3.05) is 0 Å². The van der Waals surface area contributed by atoms with Crippen molar-refractivity contribution in [2.24, 2.45) is 0 Å². The van der Waals surface area contributed by atoms with Crippen LogP contribution in [0.2, 0.25) is 0 Å². The van der Waals surface area contributed by atoms with Crippen LogP contribution in [0, 0.1) is 0 Å². The van der Waals surface area contributed by atoms with Crippen LogP contribution in [-0.2, 0) is 19.7 Å². The van der Waals surface area contributed by atoms with E-state index >= 15 is 0 Å². The largest absolute Gasteiger partial charge is 0.416 e. The van der Waals surface area contributed by atoms with Crippen molar-refractivity contribution in [1.29, 1.82) is 0 Å². The molecule has 0 aliphatic heterocycles. The van der Waals surface area contributed by atoms with Gasteiger partial charge < -0.3 is 8.37 Å². The maximum atomic E-state index is 10.2. The topological polar surface area (TPSA) is 35.5 Å². The Kier molecular flexibility index (Phi) is 3.97. The van der Waals surface area contributed by atoms with Gasteiger partial charge in [0.05, 0.1) is 0 Å². The summed E-state index contributed by atoms with van der Waals surface area (Å²) in [7, 11) is 0. The summed E-state index contributed by atoms with van der Waals surface area (Å²) < 4.78 is 18.6. The van der Waals surface area contributed by atoms with Crippen molar-refractivity contribution in [2.45, 2.75) is 0 Å². The molecule has 0 unspecified atom stereocenters. The van der Waals surface area contributed by atoms with Crippen LogP contribution >= 0.6 is 0 Å². The van der Waals surface area contributed by atoms with Crippen LogP contribution < -0.4 is 0 Å². The van der Waals surface area contributed by atoms with E-state index in [4.69, 9.17) is 0 Å². The lowest BCUT2D eigenvalue weighted by Crippen LogP contribution is -1.89. The van der Waals surface area contributed by atoms with Gasteiger partial charge in [0, 0.05) is 0 Å². The summed E-state index contributed by atoms with van der Waals surface area (Å²) in [4.78, 5) is 0. The Balaban J connectivity index is 3.32. The number of rotatable bonds is 4. The Morgan fingerprint density at radius 2 is 1.62 bits per heavy atom. The first kappa shape index (κ1) is 7.23. The molecule has 0 heterocycles. The fourth-order valence-corrected chi connectivity index (χ4v) is 0.401. The molecule has 0 N–H and O–H groups in total. The molecule has 4 heteroatoms. The van der Waals surface area contributed by atoms with E-state index in [2.05, 4.69) is 21.5 Å². The maximum Gasteiger partial charge on any atom is 0.416 e. The van der Waals surface area contributed by atoms with Crippen LogP contribution in [-0.4, -0.2) is 4.21 Å². The summed E-state index contributed by atoms with van der Waals surface area (Å²) in [5, 5.41) is 0. The summed E-state index contributed by atoms with van der Waals surface area (Å²) in [5.74, 6) is 0. The van der Waals surface area contributed by atoms with E-state index < -0.39 is 11.4 Å². The monoisotopic (exact) mass is 134 g/mol. The van der Waals surface area contributed by atoms with Gasteiger partial charge in [-0.25, -0.2) is 0 Å². The maximum absolute atomic E-state index is 10.2. The molecule has 0 aromatic carbocycles. The third-order valence-electron chi connectivity index (χ3n) is 0.293. The molecule has 0 amide bonds. The van der Waals surface area contributed by atoms with Gasteiger partial charge >= 0.3 is 11.4 Å². The Morgan fingerprint density at radius 1 is 1.25 bits per heavy atom. The lowest BCUT2D eigenvalue weighted by Gasteiger charge is -1.92. The zero-order chi connectivity index (χ0) is 6.41. The van der Waals surface area contributed by atoms with Crippen LogP contribution in [0.15, 0.2) is 25.7 Å². The minimum absolute atomic E-state index is 1.03. The highest BCUT2D eigenvalue weighted by atomic mass is 32.2.